The molecular formula is C61H41N3O2S. The molecule has 0 saturated heterocycles. The first-order valence-corrected chi connectivity index (χ1v) is 24.2. The Labute approximate surface area is 390 Å². The Bertz CT molecular complexity index is 3810. The lowest BCUT2D eigenvalue weighted by Crippen LogP contribution is -2.38. The number of benzene rings is 9. The van der Waals surface area contributed by atoms with Crippen LogP contribution < -0.4 is 0 Å². The van der Waals surface area contributed by atoms with Gasteiger partial charge < -0.3 is 0 Å². The van der Waals surface area contributed by atoms with Crippen LogP contribution in [0.25, 0.3) is 78.7 Å². The van der Waals surface area contributed by atoms with E-state index in [-0.39, 0.29) is 0 Å². The third-order valence-corrected chi connectivity index (χ3v) is 16.2. The number of rotatable bonds is 4. The van der Waals surface area contributed by atoms with Gasteiger partial charge in [0.2, 0.25) is 9.84 Å². The predicted molar refractivity (Wildman–Crippen MR) is 267 cm³/mol. The molecule has 0 amide bonds. The molecule has 0 fully saturated rings. The zero-order valence-corrected chi connectivity index (χ0v) is 37.6. The van der Waals surface area contributed by atoms with E-state index < -0.39 is 20.7 Å². The summed E-state index contributed by atoms with van der Waals surface area (Å²) in [7, 11) is -4.01. The first-order valence-electron chi connectivity index (χ1n) is 22.7. The second kappa shape index (κ2) is 14.5. The Hall–Kier alpha value is -8.06. The van der Waals surface area contributed by atoms with Gasteiger partial charge in [-0.3, -0.25) is 0 Å². The third kappa shape index (κ3) is 5.66. The van der Waals surface area contributed by atoms with Gasteiger partial charge in [-0.2, -0.15) is 0 Å². The molecule has 0 saturated carbocycles. The zero-order chi connectivity index (χ0) is 45.1. The molecule has 6 heteroatoms. The topological polar surface area (TPSA) is 72.8 Å². The van der Waals surface area contributed by atoms with E-state index in [1.165, 1.54) is 5.56 Å². The molecule has 0 radical (unpaired) electrons. The van der Waals surface area contributed by atoms with Crippen LogP contribution in [-0.4, -0.2) is 23.4 Å². The molecule has 13 rings (SSSR count). The quantitative estimate of drug-likeness (QED) is 0.176. The van der Waals surface area contributed by atoms with Gasteiger partial charge in [-0.05, 0) is 108 Å². The average molecular weight is 880 g/mol. The average Bonchev–Trinajstić information content (AvgIpc) is 3.54. The number of aromatic nitrogens is 3. The zero-order valence-electron chi connectivity index (χ0n) is 36.8. The summed E-state index contributed by atoms with van der Waals surface area (Å²) in [6, 6.07) is 72.7. The monoisotopic (exact) mass is 879 g/mol. The van der Waals surface area contributed by atoms with Crippen LogP contribution in [0.3, 0.4) is 0 Å². The minimum absolute atomic E-state index is 0.306. The van der Waals surface area contributed by atoms with E-state index in [2.05, 4.69) is 141 Å². The van der Waals surface area contributed by atoms with Gasteiger partial charge in [0.25, 0.3) is 0 Å². The highest BCUT2D eigenvalue weighted by Crippen LogP contribution is 2.62. The molecule has 0 N–H and O–H groups in total. The molecule has 1 aliphatic heterocycles. The number of fused-ring (bicyclic) bond motifs is 14. The maximum atomic E-state index is 15.5. The fourth-order valence-electron chi connectivity index (χ4n) is 11.3. The van der Waals surface area contributed by atoms with E-state index in [0.717, 1.165) is 83.5 Å². The van der Waals surface area contributed by atoms with Crippen LogP contribution in [-0.2, 0) is 20.7 Å². The number of hydrogen-bond acceptors (Lipinski definition) is 5. The Morgan fingerprint density at radius 1 is 0.313 bits per heavy atom. The molecule has 318 valence electrons. The minimum Gasteiger partial charge on any atom is -0.218 e. The molecule has 1 spiro atoms. The summed E-state index contributed by atoms with van der Waals surface area (Å²) in [6.45, 7) is 4.40. The molecular weight excluding hydrogens is 839 g/mol. The van der Waals surface area contributed by atoms with Gasteiger partial charge in [0.15, 0.2) is 17.5 Å². The second-order valence-electron chi connectivity index (χ2n) is 18.3. The van der Waals surface area contributed by atoms with Crippen molar-refractivity contribution >= 4 is 9.84 Å². The maximum absolute atomic E-state index is 15.5. The Morgan fingerprint density at radius 2 is 0.806 bits per heavy atom. The summed E-state index contributed by atoms with van der Waals surface area (Å²) in [6.07, 6.45) is 0. The molecule has 10 aromatic rings. The lowest BCUT2D eigenvalue weighted by molar-refractivity contribution is 0.577. The summed E-state index contributed by atoms with van der Waals surface area (Å²) in [5.41, 5.74) is 15.1. The Kier molecular flexibility index (Phi) is 8.49. The van der Waals surface area contributed by atoms with Crippen molar-refractivity contribution in [2.75, 3.05) is 0 Å². The normalized spacial score (nSPS) is 16.3. The van der Waals surface area contributed by atoms with Crippen molar-refractivity contribution in [3.05, 3.63) is 246 Å². The lowest BCUT2D eigenvalue weighted by atomic mass is 9.62. The molecule has 2 aliphatic carbocycles. The van der Waals surface area contributed by atoms with Crippen molar-refractivity contribution in [2.24, 2.45) is 0 Å². The van der Waals surface area contributed by atoms with Gasteiger partial charge in [0, 0.05) is 22.1 Å². The van der Waals surface area contributed by atoms with Crippen LogP contribution in [0, 0.1) is 0 Å². The van der Waals surface area contributed by atoms with Crippen LogP contribution in [0.1, 0.15) is 47.2 Å². The Balaban J connectivity index is 1.15. The van der Waals surface area contributed by atoms with Crippen LogP contribution >= 0.6 is 0 Å². The molecule has 1 atom stereocenters. The predicted octanol–water partition coefficient (Wildman–Crippen LogP) is 14.0. The fraction of sp³-hybridized carbons (Fsp3) is 0.0656. The van der Waals surface area contributed by atoms with Gasteiger partial charge in [-0.15, -0.1) is 0 Å². The fourth-order valence-corrected chi connectivity index (χ4v) is 13.1. The van der Waals surface area contributed by atoms with E-state index in [1.54, 1.807) is 6.07 Å². The van der Waals surface area contributed by atoms with E-state index >= 15 is 8.42 Å². The highest BCUT2D eigenvalue weighted by molar-refractivity contribution is 7.91. The number of sulfone groups is 1. The maximum Gasteiger partial charge on any atom is 0.207 e. The lowest BCUT2D eigenvalue weighted by Gasteiger charge is -2.43. The van der Waals surface area contributed by atoms with Crippen LogP contribution in [0.2, 0.25) is 0 Å². The molecule has 1 aromatic heterocycles. The molecule has 1 unspecified atom stereocenters. The first kappa shape index (κ1) is 39.3. The largest absolute Gasteiger partial charge is 0.218 e. The van der Waals surface area contributed by atoms with Gasteiger partial charge in [0.05, 0.1) is 15.2 Å². The molecule has 3 aliphatic rings. The minimum atomic E-state index is -4.01. The standard InChI is InChI=1S/C61H41N3O2S/c1-60(2)49-28-13-11-27-46(49)48-36-54-56(37-52(48)60)67(65,66)55-31-16-15-30-51(55)61(54)50-29-14-12-26-45(50)43-24-9-10-25-44(43)47-33-32-42(35-53(47)61)59-63-57(39-20-7-4-8-21-39)62-58(64-59)41-23-17-22-40(34-41)38-18-5-3-6-19-38/h3-37H,1-2H3. The van der Waals surface area contributed by atoms with Crippen molar-refractivity contribution < 1.29 is 8.42 Å². The van der Waals surface area contributed by atoms with Crippen LogP contribution in [0.4, 0.5) is 0 Å². The highest BCUT2D eigenvalue weighted by atomic mass is 32.2. The van der Waals surface area contributed by atoms with Crippen LogP contribution in [0.15, 0.2) is 222 Å². The van der Waals surface area contributed by atoms with Gasteiger partial charge in [-0.1, -0.05) is 196 Å². The number of nitrogens with zero attached hydrogens (tertiary/aromatic N) is 3. The van der Waals surface area contributed by atoms with E-state index in [4.69, 9.17) is 15.0 Å². The van der Waals surface area contributed by atoms with E-state index in [9.17, 15) is 0 Å². The van der Waals surface area contributed by atoms with Crippen molar-refractivity contribution in [3.63, 3.8) is 0 Å². The third-order valence-electron chi connectivity index (χ3n) is 14.4. The molecule has 0 bridgehead atoms. The van der Waals surface area contributed by atoms with Crippen molar-refractivity contribution in [1.82, 2.24) is 15.0 Å². The smallest absolute Gasteiger partial charge is 0.207 e. The summed E-state index contributed by atoms with van der Waals surface area (Å²) in [5, 5.41) is 0. The van der Waals surface area contributed by atoms with Gasteiger partial charge in [-0.25, -0.2) is 23.4 Å². The van der Waals surface area contributed by atoms with E-state index in [1.807, 2.05) is 78.9 Å². The van der Waals surface area contributed by atoms with Crippen molar-refractivity contribution in [1.29, 1.82) is 0 Å². The summed E-state index contributed by atoms with van der Waals surface area (Å²) >= 11 is 0. The van der Waals surface area contributed by atoms with Crippen LogP contribution in [0.5, 0.6) is 0 Å². The molecule has 67 heavy (non-hydrogen) atoms. The van der Waals surface area contributed by atoms with Crippen molar-refractivity contribution in [2.45, 2.75) is 34.5 Å². The highest BCUT2D eigenvalue weighted by Gasteiger charge is 2.53. The van der Waals surface area contributed by atoms with E-state index in [0.29, 0.717) is 32.8 Å². The van der Waals surface area contributed by atoms with Crippen molar-refractivity contribution in [3.8, 4) is 78.7 Å². The Morgan fingerprint density at radius 3 is 1.49 bits per heavy atom. The SMILES string of the molecule is CC1(C)c2ccccc2-c2cc3c(cc21)S(=O)(=O)c1ccccc1C31c2ccccc2-c2ccccc2-c2ccc(-c3nc(-c4ccccc4)nc(-c4cccc(-c5ccccc5)c4)n3)cc21. The van der Waals surface area contributed by atoms with Gasteiger partial charge in [0.1, 0.15) is 0 Å². The second-order valence-corrected chi connectivity index (χ2v) is 20.2. The summed E-state index contributed by atoms with van der Waals surface area (Å²) in [4.78, 5) is 16.3. The van der Waals surface area contributed by atoms with Gasteiger partial charge >= 0.3 is 0 Å². The summed E-state index contributed by atoms with van der Waals surface area (Å²) < 4.78 is 30.9. The molecule has 5 nitrogen and oxygen atoms in total. The molecule has 2 heterocycles. The number of hydrogen-bond donors (Lipinski definition) is 0. The summed E-state index contributed by atoms with van der Waals surface area (Å²) in [5.74, 6) is 1.62. The first-order chi connectivity index (χ1) is 32.7. The molecule has 9 aromatic carbocycles.